The summed E-state index contributed by atoms with van der Waals surface area (Å²) < 4.78 is 63.8. The van der Waals surface area contributed by atoms with Crippen LogP contribution in [-0.4, -0.2) is 109 Å². The number of amides is 2. The number of piperidine rings is 2. The van der Waals surface area contributed by atoms with Crippen LogP contribution in [0.25, 0.3) is 10.9 Å². The number of carbonyl (C=O) groups is 2. The van der Waals surface area contributed by atoms with Gasteiger partial charge >= 0.3 is 0 Å². The van der Waals surface area contributed by atoms with Gasteiger partial charge in [0.1, 0.15) is 23.2 Å². The minimum Gasteiger partial charge on any atom is -0.492 e. The number of carbonyl (C=O) groups excluding carboxylic acids is 2. The summed E-state index contributed by atoms with van der Waals surface area (Å²) >= 11 is 3.58. The summed E-state index contributed by atoms with van der Waals surface area (Å²) in [5.41, 5.74) is 5.55. The Morgan fingerprint density at radius 1 is 0.892 bits per heavy atom. The molecular weight excluding hydrogens is 921 g/mol. The number of fused-ring (bicyclic) bond motifs is 1. The second kappa shape index (κ2) is 19.7. The van der Waals surface area contributed by atoms with E-state index in [-0.39, 0.29) is 18.4 Å². The lowest BCUT2D eigenvalue weighted by Gasteiger charge is -2.43. The van der Waals surface area contributed by atoms with Gasteiger partial charge in [-0.1, -0.05) is 19.9 Å². The normalized spacial score (nSPS) is 18.0. The Balaban J connectivity index is 0.885. The average Bonchev–Trinajstić information content (AvgIpc) is 3.75. The summed E-state index contributed by atoms with van der Waals surface area (Å²) in [7, 11) is -3.57. The molecule has 3 aliphatic rings. The van der Waals surface area contributed by atoms with Gasteiger partial charge in [-0.25, -0.2) is 26.2 Å². The van der Waals surface area contributed by atoms with E-state index < -0.39 is 39.4 Å². The van der Waals surface area contributed by atoms with Crippen molar-refractivity contribution in [1.82, 2.24) is 29.1 Å². The zero-order valence-electron chi connectivity index (χ0n) is 37.2. The molecule has 1 unspecified atom stereocenters. The van der Waals surface area contributed by atoms with Gasteiger partial charge in [0.25, 0.3) is 0 Å². The van der Waals surface area contributed by atoms with E-state index in [1.54, 1.807) is 12.4 Å². The molecule has 0 saturated carbocycles. The highest BCUT2D eigenvalue weighted by molar-refractivity contribution is 9.10. The molecule has 3 fully saturated rings. The topological polar surface area (TPSA) is 154 Å². The molecule has 3 N–H and O–H groups in total. The SMILES string of the molecule is CCOc1cc(N2CCC(N3CCN(CCc4cc(F)c(C5CCC(=O)NC5=O)c(F)c4)CC3)CC2)c(CC)cc1Nc1ncc(Br)c(Nc2ccc(CC)c3ccn(S(C)(=O)=O)c23)n1. The predicted octanol–water partition coefficient (Wildman–Crippen LogP) is 7.64. The van der Waals surface area contributed by atoms with Crippen LogP contribution in [0.5, 0.6) is 5.75 Å². The van der Waals surface area contributed by atoms with Gasteiger partial charge in [0.15, 0.2) is 0 Å². The zero-order chi connectivity index (χ0) is 46.0. The molecule has 3 aromatic carbocycles. The third kappa shape index (κ3) is 10.1. The second-order valence-corrected chi connectivity index (χ2v) is 19.7. The minimum atomic E-state index is -3.57. The Kier molecular flexibility index (Phi) is 14.1. The number of aryl methyl sites for hydroxylation is 2. The predicted molar refractivity (Wildman–Crippen MR) is 253 cm³/mol. The Morgan fingerprint density at radius 3 is 2.28 bits per heavy atom. The van der Waals surface area contributed by atoms with Crippen molar-refractivity contribution >= 4 is 77.5 Å². The molecule has 65 heavy (non-hydrogen) atoms. The summed E-state index contributed by atoms with van der Waals surface area (Å²) in [4.78, 5) is 40.6. The van der Waals surface area contributed by atoms with Gasteiger partial charge < -0.3 is 25.2 Å². The fraction of sp³-hybridized carbons (Fsp3) is 0.447. The quantitative estimate of drug-likeness (QED) is 0.0884. The molecule has 2 amide bonds. The highest BCUT2D eigenvalue weighted by Gasteiger charge is 2.33. The molecule has 2 aromatic heterocycles. The highest BCUT2D eigenvalue weighted by atomic mass is 79.9. The molecule has 14 nitrogen and oxygen atoms in total. The van der Waals surface area contributed by atoms with Gasteiger partial charge in [0, 0.05) is 93.4 Å². The van der Waals surface area contributed by atoms with Crippen molar-refractivity contribution < 1.29 is 31.5 Å². The van der Waals surface area contributed by atoms with Crippen LogP contribution in [0.15, 0.2) is 59.3 Å². The Hall–Kier alpha value is -5.17. The van der Waals surface area contributed by atoms with E-state index in [2.05, 4.69) is 70.6 Å². The first-order valence-electron chi connectivity index (χ1n) is 22.5. The summed E-state index contributed by atoms with van der Waals surface area (Å²) in [6.45, 7) is 12.7. The van der Waals surface area contributed by atoms with E-state index in [9.17, 15) is 18.0 Å². The molecule has 3 aliphatic heterocycles. The molecule has 8 rings (SSSR count). The van der Waals surface area contributed by atoms with E-state index in [4.69, 9.17) is 9.72 Å². The lowest BCUT2D eigenvalue weighted by Crippen LogP contribution is -2.53. The van der Waals surface area contributed by atoms with Crippen molar-refractivity contribution in [2.75, 3.05) is 74.2 Å². The van der Waals surface area contributed by atoms with Crippen LogP contribution < -0.4 is 25.6 Å². The van der Waals surface area contributed by atoms with Crippen LogP contribution in [0.4, 0.5) is 37.6 Å². The van der Waals surface area contributed by atoms with Crippen molar-refractivity contribution in [3.63, 3.8) is 0 Å². The number of piperazine rings is 1. The Labute approximate surface area is 387 Å². The first-order chi connectivity index (χ1) is 31.2. The maximum Gasteiger partial charge on any atom is 0.236 e. The molecule has 5 aromatic rings. The molecule has 0 bridgehead atoms. The van der Waals surface area contributed by atoms with Crippen molar-refractivity contribution in [3.8, 4) is 5.75 Å². The fourth-order valence-corrected chi connectivity index (χ4v) is 10.6. The molecule has 5 heterocycles. The van der Waals surface area contributed by atoms with Gasteiger partial charge in [-0.3, -0.25) is 19.8 Å². The molecule has 346 valence electrons. The van der Waals surface area contributed by atoms with E-state index in [0.717, 1.165) is 87.3 Å². The molecule has 0 aliphatic carbocycles. The van der Waals surface area contributed by atoms with Gasteiger partial charge in [0.05, 0.1) is 40.1 Å². The number of aromatic nitrogens is 3. The lowest BCUT2D eigenvalue weighted by atomic mass is 9.89. The van der Waals surface area contributed by atoms with Crippen molar-refractivity contribution in [2.45, 2.75) is 77.7 Å². The molecular formula is C47H56BrF2N9O5S. The maximum absolute atomic E-state index is 15.1. The molecule has 18 heteroatoms. The third-order valence-corrected chi connectivity index (χ3v) is 14.5. The second-order valence-electron chi connectivity index (χ2n) is 17.0. The van der Waals surface area contributed by atoms with E-state index in [0.29, 0.717) is 64.4 Å². The fourth-order valence-electron chi connectivity index (χ4n) is 9.50. The number of hydrogen-bond acceptors (Lipinski definition) is 12. The number of ether oxygens (including phenoxy) is 1. The summed E-state index contributed by atoms with van der Waals surface area (Å²) in [6, 6.07) is 13.1. The van der Waals surface area contributed by atoms with Crippen molar-refractivity contribution in [3.05, 3.63) is 93.2 Å². The summed E-state index contributed by atoms with van der Waals surface area (Å²) in [5, 5.41) is 9.80. The monoisotopic (exact) mass is 975 g/mol. The number of imide groups is 1. The average molecular weight is 977 g/mol. The van der Waals surface area contributed by atoms with E-state index >= 15 is 8.78 Å². The van der Waals surface area contributed by atoms with Crippen molar-refractivity contribution in [2.24, 2.45) is 0 Å². The number of rotatable bonds is 15. The largest absolute Gasteiger partial charge is 0.492 e. The number of benzene rings is 3. The van der Waals surface area contributed by atoms with Crippen molar-refractivity contribution in [1.29, 1.82) is 0 Å². The maximum atomic E-state index is 15.1. The Morgan fingerprint density at radius 2 is 1.62 bits per heavy atom. The van der Waals surface area contributed by atoms with Gasteiger partial charge in [-0.05, 0) is 108 Å². The van der Waals surface area contributed by atoms with Gasteiger partial charge in [-0.15, -0.1) is 0 Å². The van der Waals surface area contributed by atoms with Crippen LogP contribution in [0.2, 0.25) is 0 Å². The smallest absolute Gasteiger partial charge is 0.236 e. The molecule has 0 spiro atoms. The van der Waals surface area contributed by atoms with Crippen LogP contribution in [0, 0.1) is 11.6 Å². The highest BCUT2D eigenvalue weighted by Crippen LogP contribution is 2.39. The first kappa shape index (κ1) is 46.4. The number of nitrogens with zero attached hydrogens (tertiary/aromatic N) is 6. The zero-order valence-corrected chi connectivity index (χ0v) is 39.6. The lowest BCUT2D eigenvalue weighted by molar-refractivity contribution is -0.134. The number of nitrogens with one attached hydrogen (secondary N) is 3. The van der Waals surface area contributed by atoms with Crippen LogP contribution in [0.3, 0.4) is 0 Å². The number of hydrogen-bond donors (Lipinski definition) is 3. The van der Waals surface area contributed by atoms with Gasteiger partial charge in [0.2, 0.25) is 27.8 Å². The first-order valence-corrected chi connectivity index (χ1v) is 25.1. The van der Waals surface area contributed by atoms with E-state index in [1.807, 2.05) is 32.0 Å². The van der Waals surface area contributed by atoms with Crippen LogP contribution in [-0.2, 0) is 38.9 Å². The Bertz CT molecular complexity index is 2680. The third-order valence-electron chi connectivity index (χ3n) is 12.9. The van der Waals surface area contributed by atoms with Gasteiger partial charge in [-0.2, -0.15) is 4.98 Å². The molecule has 3 saturated heterocycles. The van der Waals surface area contributed by atoms with Crippen LogP contribution in [0.1, 0.15) is 74.6 Å². The van der Waals surface area contributed by atoms with E-state index in [1.165, 1.54) is 27.9 Å². The number of anilines is 5. The number of halogens is 3. The summed E-state index contributed by atoms with van der Waals surface area (Å²) in [6.07, 6.45) is 8.69. The molecule has 1 atom stereocenters. The summed E-state index contributed by atoms with van der Waals surface area (Å²) in [5.74, 6) is -2.04. The molecule has 0 radical (unpaired) electrons. The minimum absolute atomic E-state index is 0.0606. The van der Waals surface area contributed by atoms with Crippen LogP contribution >= 0.6 is 15.9 Å². The standard InChI is InChI=1S/C47H56BrF2N9O5S/c1-5-30-8-10-38(44-33(30)15-19-59(44)65(4,62)63)52-45-35(48)28-51-47(55-45)53-39-26-31(6-2)40(27-41(39)64-7-3)58-17-13-32(14-18-58)57-22-20-56(21-23-57)16-12-29-24-36(49)43(37(50)25-29)34-9-11-42(60)54-46(34)61/h8,10,15,19,24-28,32,34H,5-7,9,11-14,16-18,20-23H2,1-4H3,(H,54,60,61)(H2,51,52,53,55).